The van der Waals surface area contributed by atoms with Crippen molar-refractivity contribution in [3.05, 3.63) is 11.1 Å². The standard InChI is InChI=1S/C22H40O4/c1-7-9-11-13-22(12-10-8-2,15-17(5)6)18(14-16(3)4)19(20(23)24)21(25)26/h16-17H,7-15H2,1-6H3,(H,23,24)(H,25,26). The van der Waals surface area contributed by atoms with Crippen LogP contribution >= 0.6 is 0 Å². The van der Waals surface area contributed by atoms with Gasteiger partial charge in [-0.05, 0) is 48.5 Å². The van der Waals surface area contributed by atoms with Gasteiger partial charge in [-0.15, -0.1) is 0 Å². The number of hydrogen-bond donors (Lipinski definition) is 2. The van der Waals surface area contributed by atoms with E-state index in [0.717, 1.165) is 51.4 Å². The van der Waals surface area contributed by atoms with E-state index >= 15 is 0 Å². The third-order valence-corrected chi connectivity index (χ3v) is 5.05. The van der Waals surface area contributed by atoms with E-state index in [1.54, 1.807) is 0 Å². The van der Waals surface area contributed by atoms with Crippen molar-refractivity contribution in [3.63, 3.8) is 0 Å². The fourth-order valence-corrected chi connectivity index (χ4v) is 4.11. The predicted octanol–water partition coefficient (Wildman–Crippen LogP) is 6.30. The maximum atomic E-state index is 11.9. The summed E-state index contributed by atoms with van der Waals surface area (Å²) in [6, 6.07) is 0. The summed E-state index contributed by atoms with van der Waals surface area (Å²) < 4.78 is 0. The number of carboxylic acids is 2. The van der Waals surface area contributed by atoms with E-state index in [1.165, 1.54) is 0 Å². The van der Waals surface area contributed by atoms with Gasteiger partial charge in [-0.2, -0.15) is 0 Å². The number of aliphatic carboxylic acids is 2. The van der Waals surface area contributed by atoms with Crippen molar-refractivity contribution in [3.8, 4) is 0 Å². The van der Waals surface area contributed by atoms with Crippen LogP contribution in [0.3, 0.4) is 0 Å². The van der Waals surface area contributed by atoms with E-state index in [2.05, 4.69) is 27.7 Å². The number of carbonyl (C=O) groups is 2. The minimum Gasteiger partial charge on any atom is -0.477 e. The van der Waals surface area contributed by atoms with Gasteiger partial charge in [0.25, 0.3) is 0 Å². The Balaban J connectivity index is 6.45. The molecule has 0 aliphatic heterocycles. The number of rotatable bonds is 14. The molecule has 0 radical (unpaired) electrons. The lowest BCUT2D eigenvalue weighted by Crippen LogP contribution is -2.31. The smallest absolute Gasteiger partial charge is 0.343 e. The zero-order valence-corrected chi connectivity index (χ0v) is 17.7. The highest BCUT2D eigenvalue weighted by Gasteiger charge is 2.39. The van der Waals surface area contributed by atoms with Gasteiger partial charge in [0.15, 0.2) is 0 Å². The van der Waals surface area contributed by atoms with E-state index in [1.807, 2.05) is 13.8 Å². The van der Waals surface area contributed by atoms with Crippen molar-refractivity contribution in [1.82, 2.24) is 0 Å². The Bertz CT molecular complexity index is 461. The molecule has 0 aromatic heterocycles. The Hall–Kier alpha value is -1.32. The summed E-state index contributed by atoms with van der Waals surface area (Å²) in [5, 5.41) is 19.4. The lowest BCUT2D eigenvalue weighted by molar-refractivity contribution is -0.140. The van der Waals surface area contributed by atoms with Crippen molar-refractivity contribution in [2.45, 2.75) is 99.3 Å². The van der Waals surface area contributed by atoms with Gasteiger partial charge in [-0.25, -0.2) is 9.59 Å². The van der Waals surface area contributed by atoms with Gasteiger partial charge in [0.05, 0.1) is 0 Å². The van der Waals surface area contributed by atoms with Gasteiger partial charge in [-0.3, -0.25) is 0 Å². The third kappa shape index (κ3) is 7.92. The first kappa shape index (κ1) is 24.7. The summed E-state index contributed by atoms with van der Waals surface area (Å²) in [5.41, 5.74) is -0.0341. The molecular formula is C22H40O4. The van der Waals surface area contributed by atoms with E-state index in [9.17, 15) is 19.8 Å². The molecule has 0 saturated carbocycles. The van der Waals surface area contributed by atoms with Gasteiger partial charge in [0.1, 0.15) is 5.57 Å². The van der Waals surface area contributed by atoms with Crippen LogP contribution < -0.4 is 0 Å². The molecule has 4 heteroatoms. The molecule has 4 nitrogen and oxygen atoms in total. The van der Waals surface area contributed by atoms with Crippen molar-refractivity contribution in [2.75, 3.05) is 0 Å². The molecule has 0 aliphatic rings. The molecule has 0 aromatic carbocycles. The topological polar surface area (TPSA) is 74.6 Å². The number of carboxylic acid groups (broad SMARTS) is 2. The van der Waals surface area contributed by atoms with E-state index in [-0.39, 0.29) is 16.9 Å². The van der Waals surface area contributed by atoms with Crippen molar-refractivity contribution in [1.29, 1.82) is 0 Å². The van der Waals surface area contributed by atoms with E-state index < -0.39 is 11.9 Å². The third-order valence-electron chi connectivity index (χ3n) is 5.05. The highest BCUT2D eigenvalue weighted by atomic mass is 16.4. The van der Waals surface area contributed by atoms with Crippen LogP contribution in [0.4, 0.5) is 0 Å². The quantitative estimate of drug-likeness (QED) is 0.163. The zero-order chi connectivity index (χ0) is 20.3. The molecule has 0 amide bonds. The summed E-state index contributed by atoms with van der Waals surface area (Å²) in [6.07, 6.45) is 8.36. The lowest BCUT2D eigenvalue weighted by atomic mass is 9.64. The maximum absolute atomic E-state index is 11.9. The zero-order valence-electron chi connectivity index (χ0n) is 17.7. The molecule has 0 bridgehead atoms. The predicted molar refractivity (Wildman–Crippen MR) is 107 cm³/mol. The van der Waals surface area contributed by atoms with Crippen LogP contribution in [0.25, 0.3) is 0 Å². The Labute approximate surface area is 160 Å². The second-order valence-corrected chi connectivity index (χ2v) is 8.50. The fraction of sp³-hybridized carbons (Fsp3) is 0.818. The summed E-state index contributed by atoms with van der Waals surface area (Å²) in [7, 11) is 0. The number of unbranched alkanes of at least 4 members (excludes halogenated alkanes) is 3. The fourth-order valence-electron chi connectivity index (χ4n) is 4.11. The highest BCUT2D eigenvalue weighted by Crippen LogP contribution is 2.48. The number of allylic oxidation sites excluding steroid dienone is 1. The first-order valence-electron chi connectivity index (χ1n) is 10.3. The second-order valence-electron chi connectivity index (χ2n) is 8.50. The van der Waals surface area contributed by atoms with Crippen LogP contribution in [0, 0.1) is 17.3 Å². The van der Waals surface area contributed by atoms with Crippen LogP contribution in [0.5, 0.6) is 0 Å². The average molecular weight is 369 g/mol. The second kappa shape index (κ2) is 12.1. The normalized spacial score (nSPS) is 13.7. The summed E-state index contributed by atoms with van der Waals surface area (Å²) in [6.45, 7) is 12.7. The molecule has 1 atom stereocenters. The first-order chi connectivity index (χ1) is 12.1. The SMILES string of the molecule is CCCCCC(CCCC)(CC(C)C)C(CC(C)C)=C(C(=O)O)C(=O)O. The molecule has 0 heterocycles. The van der Waals surface area contributed by atoms with Gasteiger partial charge >= 0.3 is 11.9 Å². The minimum atomic E-state index is -1.30. The van der Waals surface area contributed by atoms with Gasteiger partial charge in [0, 0.05) is 0 Å². The molecule has 0 aliphatic carbocycles. The average Bonchev–Trinajstić information content (AvgIpc) is 2.50. The molecule has 152 valence electrons. The summed E-state index contributed by atoms with van der Waals surface area (Å²) >= 11 is 0. The Morgan fingerprint density at radius 3 is 1.69 bits per heavy atom. The summed E-state index contributed by atoms with van der Waals surface area (Å²) in [4.78, 5) is 23.7. The minimum absolute atomic E-state index is 0.220. The summed E-state index contributed by atoms with van der Waals surface area (Å²) in [5.74, 6) is -1.99. The molecular weight excluding hydrogens is 328 g/mol. The molecule has 26 heavy (non-hydrogen) atoms. The van der Waals surface area contributed by atoms with Crippen molar-refractivity contribution in [2.24, 2.45) is 17.3 Å². The van der Waals surface area contributed by atoms with Crippen LogP contribution in [-0.2, 0) is 9.59 Å². The van der Waals surface area contributed by atoms with Crippen molar-refractivity contribution >= 4 is 11.9 Å². The van der Waals surface area contributed by atoms with Crippen LogP contribution in [0.2, 0.25) is 0 Å². The van der Waals surface area contributed by atoms with Crippen molar-refractivity contribution < 1.29 is 19.8 Å². The molecule has 0 aromatic rings. The van der Waals surface area contributed by atoms with Crippen LogP contribution in [-0.4, -0.2) is 22.2 Å². The molecule has 0 rings (SSSR count). The van der Waals surface area contributed by atoms with Gasteiger partial charge < -0.3 is 10.2 Å². The Morgan fingerprint density at radius 2 is 1.31 bits per heavy atom. The van der Waals surface area contributed by atoms with Crippen LogP contribution in [0.15, 0.2) is 11.1 Å². The van der Waals surface area contributed by atoms with E-state index in [0.29, 0.717) is 17.9 Å². The number of hydrogen-bond acceptors (Lipinski definition) is 2. The lowest BCUT2D eigenvalue weighted by Gasteiger charge is -2.40. The van der Waals surface area contributed by atoms with E-state index in [4.69, 9.17) is 0 Å². The highest BCUT2D eigenvalue weighted by molar-refractivity contribution is 6.13. The molecule has 1 unspecified atom stereocenters. The first-order valence-corrected chi connectivity index (χ1v) is 10.3. The molecule has 0 saturated heterocycles. The van der Waals surface area contributed by atoms with Gasteiger partial charge in [0.2, 0.25) is 0 Å². The monoisotopic (exact) mass is 368 g/mol. The maximum Gasteiger partial charge on any atom is 0.343 e. The largest absolute Gasteiger partial charge is 0.477 e. The Kier molecular flexibility index (Phi) is 11.5. The van der Waals surface area contributed by atoms with Crippen LogP contribution in [0.1, 0.15) is 99.3 Å². The Morgan fingerprint density at radius 1 is 0.808 bits per heavy atom. The molecule has 0 fully saturated rings. The van der Waals surface area contributed by atoms with Gasteiger partial charge in [-0.1, -0.05) is 73.6 Å². The molecule has 2 N–H and O–H groups in total. The molecule has 0 spiro atoms.